The minimum atomic E-state index is -0.944. The number of unbranched alkanes of at least 4 members (excludes halogenated alkanes) is 1. The van der Waals surface area contributed by atoms with Crippen LogP contribution in [-0.4, -0.2) is 69.1 Å². The summed E-state index contributed by atoms with van der Waals surface area (Å²) in [6.45, 7) is 0.604. The second-order valence-corrected chi connectivity index (χ2v) is 7.28. The van der Waals surface area contributed by atoms with Crippen LogP contribution in [0, 0.1) is 0 Å². The lowest BCUT2D eigenvalue weighted by molar-refractivity contribution is -0.138. The molecule has 0 aliphatic carbocycles. The Morgan fingerprint density at radius 2 is 1.96 bits per heavy atom. The Morgan fingerprint density at radius 3 is 2.44 bits per heavy atom. The summed E-state index contributed by atoms with van der Waals surface area (Å²) >= 11 is 2.25. The van der Waals surface area contributed by atoms with Crippen molar-refractivity contribution in [3.63, 3.8) is 0 Å². The monoisotopic (exact) mass is 395 g/mol. The standard InChI is InChI=1S/C8H11NO4S2.C6H14N2O2/c10-6(3-14-4-7(11)12)9-5-1-2-15-8(5)13;7-4-2-1-3-5(8)6(9)10/h5H,1-4H2,(H,9,10)(H,11,12);5H,1-4,7-8H2,(H,9,10). The lowest BCUT2D eigenvalue weighted by atomic mass is 10.1. The van der Waals surface area contributed by atoms with Crippen LogP contribution in [0.25, 0.3) is 0 Å². The van der Waals surface area contributed by atoms with Gasteiger partial charge in [-0.05, 0) is 25.8 Å². The van der Waals surface area contributed by atoms with Gasteiger partial charge in [-0.15, -0.1) is 11.8 Å². The summed E-state index contributed by atoms with van der Waals surface area (Å²) in [7, 11) is 0. The van der Waals surface area contributed by atoms with Crippen LogP contribution >= 0.6 is 23.5 Å². The molecule has 1 heterocycles. The van der Waals surface area contributed by atoms with Gasteiger partial charge in [0.25, 0.3) is 0 Å². The number of carboxylic acids is 2. The maximum absolute atomic E-state index is 11.2. The van der Waals surface area contributed by atoms with Crippen LogP contribution in [0.4, 0.5) is 0 Å². The lowest BCUT2D eigenvalue weighted by Gasteiger charge is -2.08. The molecule has 144 valence electrons. The summed E-state index contributed by atoms with van der Waals surface area (Å²) in [6.07, 6.45) is 2.83. The average molecular weight is 396 g/mol. The van der Waals surface area contributed by atoms with Gasteiger partial charge in [0, 0.05) is 5.75 Å². The molecule has 1 saturated heterocycles. The molecule has 25 heavy (non-hydrogen) atoms. The number of hydrogen-bond donors (Lipinski definition) is 5. The van der Waals surface area contributed by atoms with Crippen molar-refractivity contribution in [2.24, 2.45) is 11.5 Å². The van der Waals surface area contributed by atoms with Crippen molar-refractivity contribution in [3.8, 4) is 0 Å². The molecule has 1 aliphatic heterocycles. The van der Waals surface area contributed by atoms with Gasteiger partial charge in [0.1, 0.15) is 6.04 Å². The molecule has 9 nitrogen and oxygen atoms in total. The Balaban J connectivity index is 0.000000504. The van der Waals surface area contributed by atoms with Crippen LogP contribution < -0.4 is 16.8 Å². The highest BCUT2D eigenvalue weighted by molar-refractivity contribution is 8.14. The van der Waals surface area contributed by atoms with E-state index in [-0.39, 0.29) is 28.6 Å². The Morgan fingerprint density at radius 1 is 1.28 bits per heavy atom. The first kappa shape index (κ1) is 23.7. The number of nitrogens with two attached hydrogens (primary N) is 2. The Labute approximate surface area is 154 Å². The Kier molecular flexibility index (Phi) is 13.2. The van der Waals surface area contributed by atoms with Crippen molar-refractivity contribution < 1.29 is 29.4 Å². The predicted octanol–water partition coefficient (Wildman–Crippen LogP) is -0.520. The van der Waals surface area contributed by atoms with Crippen LogP contribution in [0.1, 0.15) is 25.7 Å². The van der Waals surface area contributed by atoms with Crippen molar-refractivity contribution >= 4 is 46.5 Å². The normalized spacial score (nSPS) is 17.4. The topological polar surface area (TPSA) is 173 Å². The molecule has 1 aliphatic rings. The SMILES string of the molecule is NCCCCC(N)C(=O)O.O=C(O)CSCC(=O)NC1CCSC1=O. The molecule has 0 saturated carbocycles. The summed E-state index contributed by atoms with van der Waals surface area (Å²) < 4.78 is 0. The molecule has 1 fully saturated rings. The number of thioether (sulfide) groups is 2. The molecule has 7 N–H and O–H groups in total. The molecule has 0 aromatic rings. The maximum Gasteiger partial charge on any atom is 0.320 e. The van der Waals surface area contributed by atoms with Gasteiger partial charge in [0.05, 0.1) is 17.5 Å². The second-order valence-electron chi connectivity index (χ2n) is 5.19. The summed E-state index contributed by atoms with van der Waals surface area (Å²) in [5, 5.41) is 19.2. The average Bonchev–Trinajstić information content (AvgIpc) is 2.92. The largest absolute Gasteiger partial charge is 0.481 e. The molecular weight excluding hydrogens is 370 g/mol. The number of rotatable bonds is 10. The highest BCUT2D eigenvalue weighted by atomic mass is 32.2. The van der Waals surface area contributed by atoms with Crippen molar-refractivity contribution in [2.75, 3.05) is 23.8 Å². The molecule has 0 spiro atoms. The van der Waals surface area contributed by atoms with E-state index in [1.54, 1.807) is 0 Å². The number of hydrogen-bond acceptors (Lipinski definition) is 8. The Hall–Kier alpha value is -1.30. The van der Waals surface area contributed by atoms with Gasteiger partial charge >= 0.3 is 11.9 Å². The highest BCUT2D eigenvalue weighted by Crippen LogP contribution is 2.19. The van der Waals surface area contributed by atoms with E-state index in [4.69, 9.17) is 21.7 Å². The summed E-state index contributed by atoms with van der Waals surface area (Å²) in [4.78, 5) is 42.7. The number of amides is 1. The van der Waals surface area contributed by atoms with Crippen molar-refractivity contribution in [1.82, 2.24) is 5.32 Å². The maximum atomic E-state index is 11.2. The zero-order valence-electron chi connectivity index (χ0n) is 13.8. The first-order chi connectivity index (χ1) is 11.8. The van der Waals surface area contributed by atoms with Gasteiger partial charge < -0.3 is 27.0 Å². The van der Waals surface area contributed by atoms with Crippen LogP contribution in [0.5, 0.6) is 0 Å². The van der Waals surface area contributed by atoms with Crippen molar-refractivity contribution in [2.45, 2.75) is 37.8 Å². The van der Waals surface area contributed by atoms with Gasteiger partial charge in [0.15, 0.2) is 0 Å². The van der Waals surface area contributed by atoms with E-state index in [2.05, 4.69) is 5.32 Å². The lowest BCUT2D eigenvalue weighted by Crippen LogP contribution is -2.38. The van der Waals surface area contributed by atoms with E-state index in [0.29, 0.717) is 19.4 Å². The number of carboxylic acid groups (broad SMARTS) is 2. The molecule has 11 heteroatoms. The van der Waals surface area contributed by atoms with Crippen LogP contribution in [0.3, 0.4) is 0 Å². The van der Waals surface area contributed by atoms with Gasteiger partial charge in [-0.1, -0.05) is 18.2 Å². The minimum Gasteiger partial charge on any atom is -0.481 e. The van der Waals surface area contributed by atoms with E-state index in [9.17, 15) is 19.2 Å². The van der Waals surface area contributed by atoms with E-state index >= 15 is 0 Å². The molecule has 0 radical (unpaired) electrons. The van der Waals surface area contributed by atoms with Crippen molar-refractivity contribution in [3.05, 3.63) is 0 Å². The Bertz CT molecular complexity index is 464. The van der Waals surface area contributed by atoms with Gasteiger partial charge in [-0.3, -0.25) is 19.2 Å². The van der Waals surface area contributed by atoms with Gasteiger partial charge in [-0.25, -0.2) is 0 Å². The number of nitrogens with one attached hydrogen (secondary N) is 1. The van der Waals surface area contributed by atoms with Crippen LogP contribution in [-0.2, 0) is 19.2 Å². The third kappa shape index (κ3) is 12.7. The zero-order chi connectivity index (χ0) is 19.2. The smallest absolute Gasteiger partial charge is 0.320 e. The molecule has 2 unspecified atom stereocenters. The van der Waals surface area contributed by atoms with E-state index in [1.807, 2.05) is 0 Å². The molecule has 1 rings (SSSR count). The molecule has 2 atom stereocenters. The number of carbonyl (C=O) groups excluding carboxylic acids is 2. The highest BCUT2D eigenvalue weighted by Gasteiger charge is 2.26. The van der Waals surface area contributed by atoms with E-state index in [0.717, 1.165) is 30.4 Å². The van der Waals surface area contributed by atoms with Crippen molar-refractivity contribution in [1.29, 1.82) is 0 Å². The third-order valence-electron chi connectivity index (χ3n) is 3.02. The molecule has 0 bridgehead atoms. The van der Waals surface area contributed by atoms with Crippen LogP contribution in [0.15, 0.2) is 0 Å². The molecule has 0 aromatic heterocycles. The molecular formula is C14H25N3O6S2. The molecule has 1 amide bonds. The molecule has 0 aromatic carbocycles. The summed E-state index contributed by atoms with van der Waals surface area (Å²) in [6, 6.07) is -1.10. The minimum absolute atomic E-state index is 0.00779. The number of aliphatic carboxylic acids is 2. The predicted molar refractivity (Wildman–Crippen MR) is 97.5 cm³/mol. The fourth-order valence-electron chi connectivity index (χ4n) is 1.73. The van der Waals surface area contributed by atoms with E-state index < -0.39 is 18.0 Å². The second kappa shape index (κ2) is 13.9. The zero-order valence-corrected chi connectivity index (χ0v) is 15.4. The number of carbonyl (C=O) groups is 4. The van der Waals surface area contributed by atoms with Crippen LogP contribution in [0.2, 0.25) is 0 Å². The fourth-order valence-corrected chi connectivity index (χ4v) is 3.20. The first-order valence-corrected chi connectivity index (χ1v) is 9.86. The summed E-state index contributed by atoms with van der Waals surface area (Å²) in [5.41, 5.74) is 10.4. The van der Waals surface area contributed by atoms with Gasteiger partial charge in [0.2, 0.25) is 11.0 Å². The third-order valence-corrected chi connectivity index (χ3v) is 4.94. The quantitative estimate of drug-likeness (QED) is 0.303. The fraction of sp³-hybridized carbons (Fsp3) is 0.714. The van der Waals surface area contributed by atoms with Gasteiger partial charge in [-0.2, -0.15) is 0 Å². The first-order valence-electron chi connectivity index (χ1n) is 7.72. The summed E-state index contributed by atoms with van der Waals surface area (Å²) in [5.74, 6) is -1.42. The van der Waals surface area contributed by atoms with E-state index in [1.165, 1.54) is 11.8 Å².